The molecular formula is C17H29N3O6. The van der Waals surface area contributed by atoms with Gasteiger partial charge < -0.3 is 25.4 Å². The third-order valence-corrected chi connectivity index (χ3v) is 3.72. The van der Waals surface area contributed by atoms with Crippen LogP contribution in [0.4, 0.5) is 4.79 Å². The second kappa shape index (κ2) is 8.37. The second-order valence-electron chi connectivity index (χ2n) is 8.01. The highest BCUT2D eigenvalue weighted by Crippen LogP contribution is 2.28. The number of carbonyl (C=O) groups excluding carboxylic acids is 4. The predicted octanol–water partition coefficient (Wildman–Crippen LogP) is 0.474. The van der Waals surface area contributed by atoms with Crippen molar-refractivity contribution in [1.82, 2.24) is 16.0 Å². The lowest BCUT2D eigenvalue weighted by molar-refractivity contribution is -0.145. The lowest BCUT2D eigenvalue weighted by Crippen LogP contribution is -2.47. The number of hydrogen-bond donors (Lipinski definition) is 3. The number of esters is 1. The largest absolute Gasteiger partial charge is 0.467 e. The van der Waals surface area contributed by atoms with Crippen LogP contribution in [0.1, 0.15) is 47.5 Å². The fourth-order valence-corrected chi connectivity index (χ4v) is 2.74. The van der Waals surface area contributed by atoms with E-state index in [1.807, 2.05) is 13.8 Å². The summed E-state index contributed by atoms with van der Waals surface area (Å²) >= 11 is 0. The minimum atomic E-state index is -0.974. The smallest absolute Gasteiger partial charge is 0.408 e. The summed E-state index contributed by atoms with van der Waals surface area (Å²) in [5.74, 6) is -1.80. The van der Waals surface area contributed by atoms with Crippen molar-refractivity contribution in [2.75, 3.05) is 13.7 Å². The van der Waals surface area contributed by atoms with E-state index in [-0.39, 0.29) is 24.4 Å². The van der Waals surface area contributed by atoms with E-state index in [1.165, 1.54) is 7.11 Å². The average molecular weight is 371 g/mol. The summed E-state index contributed by atoms with van der Waals surface area (Å²) in [4.78, 5) is 47.6. The molecule has 2 unspecified atom stereocenters. The van der Waals surface area contributed by atoms with Gasteiger partial charge in [0.2, 0.25) is 11.8 Å². The molecule has 1 rings (SSSR count). The van der Waals surface area contributed by atoms with Gasteiger partial charge in [-0.15, -0.1) is 0 Å². The van der Waals surface area contributed by atoms with Gasteiger partial charge in [-0.3, -0.25) is 9.59 Å². The van der Waals surface area contributed by atoms with Gasteiger partial charge in [0.15, 0.2) is 0 Å². The molecule has 0 bridgehead atoms. The fraction of sp³-hybridized carbons (Fsp3) is 0.765. The molecule has 1 aliphatic heterocycles. The van der Waals surface area contributed by atoms with Gasteiger partial charge in [-0.05, 0) is 47.5 Å². The van der Waals surface area contributed by atoms with E-state index >= 15 is 0 Å². The molecule has 1 heterocycles. The molecule has 1 aliphatic rings. The van der Waals surface area contributed by atoms with Crippen molar-refractivity contribution in [2.45, 2.75) is 64.6 Å². The van der Waals surface area contributed by atoms with E-state index in [2.05, 4.69) is 16.0 Å². The topological polar surface area (TPSA) is 123 Å². The first-order valence-electron chi connectivity index (χ1n) is 8.49. The van der Waals surface area contributed by atoms with E-state index in [4.69, 9.17) is 9.47 Å². The van der Waals surface area contributed by atoms with E-state index < -0.39 is 35.5 Å². The van der Waals surface area contributed by atoms with Crippen LogP contribution >= 0.6 is 0 Å². The third kappa shape index (κ3) is 7.28. The molecule has 3 N–H and O–H groups in total. The van der Waals surface area contributed by atoms with Gasteiger partial charge in [0.05, 0.1) is 7.11 Å². The molecule has 1 saturated heterocycles. The first-order chi connectivity index (χ1) is 11.8. The van der Waals surface area contributed by atoms with Crippen LogP contribution in [0.15, 0.2) is 0 Å². The number of amides is 3. The molecule has 1 fully saturated rings. The zero-order chi connectivity index (χ0) is 20.1. The molecule has 0 saturated carbocycles. The number of ether oxygens (including phenoxy) is 2. The Bertz CT molecular complexity index is 567. The predicted molar refractivity (Wildman–Crippen MR) is 93.1 cm³/mol. The maximum absolute atomic E-state index is 12.0. The van der Waals surface area contributed by atoms with Gasteiger partial charge in [-0.1, -0.05) is 0 Å². The van der Waals surface area contributed by atoms with Crippen molar-refractivity contribution in [3.05, 3.63) is 0 Å². The molecule has 9 nitrogen and oxygen atoms in total. The van der Waals surface area contributed by atoms with Gasteiger partial charge in [-0.2, -0.15) is 0 Å². The first kappa shape index (κ1) is 21.7. The summed E-state index contributed by atoms with van der Waals surface area (Å²) in [5, 5.41) is 7.65. The Balaban J connectivity index is 2.59. The van der Waals surface area contributed by atoms with Crippen molar-refractivity contribution in [3.8, 4) is 0 Å². The van der Waals surface area contributed by atoms with Crippen LogP contribution in [0.5, 0.6) is 0 Å². The van der Waals surface area contributed by atoms with Crippen LogP contribution in [0, 0.1) is 5.92 Å². The normalized spacial score (nSPS) is 19.9. The molecule has 0 radical (unpaired) electrons. The van der Waals surface area contributed by atoms with Gasteiger partial charge in [0.1, 0.15) is 18.2 Å². The molecular weight excluding hydrogens is 342 g/mol. The number of carbonyl (C=O) groups is 4. The summed E-state index contributed by atoms with van der Waals surface area (Å²) in [6.07, 6.45) is -0.0648. The van der Waals surface area contributed by atoms with E-state index in [0.717, 1.165) is 0 Å². The van der Waals surface area contributed by atoms with E-state index in [0.29, 0.717) is 6.42 Å². The van der Waals surface area contributed by atoms with Crippen LogP contribution in [-0.2, 0) is 23.9 Å². The molecule has 148 valence electrons. The Hall–Kier alpha value is -2.32. The summed E-state index contributed by atoms with van der Waals surface area (Å²) in [5.41, 5.74) is -1.04. The molecule has 0 aromatic carbocycles. The quantitative estimate of drug-likeness (QED) is 0.584. The lowest BCUT2D eigenvalue weighted by atomic mass is 9.91. The Morgan fingerprint density at radius 2 is 1.92 bits per heavy atom. The molecule has 0 spiro atoms. The van der Waals surface area contributed by atoms with Gasteiger partial charge in [0, 0.05) is 11.5 Å². The van der Waals surface area contributed by atoms with Crippen LogP contribution in [0.3, 0.4) is 0 Å². The Labute approximate surface area is 153 Å². The van der Waals surface area contributed by atoms with Crippen molar-refractivity contribution in [3.63, 3.8) is 0 Å². The molecule has 0 aromatic heterocycles. The molecule has 9 heteroatoms. The maximum Gasteiger partial charge on any atom is 0.408 e. The summed E-state index contributed by atoms with van der Waals surface area (Å²) in [6, 6.07) is -0.974. The minimum absolute atomic E-state index is 0.125. The maximum atomic E-state index is 12.0. The average Bonchev–Trinajstić information content (AvgIpc) is 2.74. The van der Waals surface area contributed by atoms with Crippen molar-refractivity contribution in [2.24, 2.45) is 5.92 Å². The van der Waals surface area contributed by atoms with E-state index in [9.17, 15) is 19.2 Å². The number of alkyl carbamates (subject to hydrolysis) is 1. The van der Waals surface area contributed by atoms with Crippen LogP contribution in [0.2, 0.25) is 0 Å². The monoisotopic (exact) mass is 371 g/mol. The highest BCUT2D eigenvalue weighted by atomic mass is 16.6. The summed E-state index contributed by atoms with van der Waals surface area (Å²) in [7, 11) is 1.21. The molecule has 0 aromatic rings. The summed E-state index contributed by atoms with van der Waals surface area (Å²) in [6.45, 7) is 8.53. The number of nitrogens with one attached hydrogen (secondary N) is 3. The number of hydrogen-bond acceptors (Lipinski definition) is 6. The summed E-state index contributed by atoms with van der Waals surface area (Å²) < 4.78 is 9.74. The van der Waals surface area contributed by atoms with Crippen LogP contribution in [0.25, 0.3) is 0 Å². The molecule has 26 heavy (non-hydrogen) atoms. The van der Waals surface area contributed by atoms with Gasteiger partial charge in [-0.25, -0.2) is 9.59 Å². The third-order valence-electron chi connectivity index (χ3n) is 3.72. The Morgan fingerprint density at radius 3 is 2.38 bits per heavy atom. The second-order valence-corrected chi connectivity index (χ2v) is 8.01. The Kier molecular flexibility index (Phi) is 7.00. The number of rotatable bonds is 6. The van der Waals surface area contributed by atoms with Crippen LogP contribution < -0.4 is 16.0 Å². The van der Waals surface area contributed by atoms with Gasteiger partial charge in [0.25, 0.3) is 0 Å². The van der Waals surface area contributed by atoms with Crippen molar-refractivity contribution in [1.29, 1.82) is 0 Å². The van der Waals surface area contributed by atoms with Gasteiger partial charge >= 0.3 is 12.1 Å². The lowest BCUT2D eigenvalue weighted by Gasteiger charge is -2.21. The Morgan fingerprint density at radius 1 is 1.31 bits per heavy atom. The fourth-order valence-electron chi connectivity index (χ4n) is 2.74. The first-order valence-corrected chi connectivity index (χ1v) is 8.49. The zero-order valence-electron chi connectivity index (χ0n) is 16.2. The molecule has 0 aliphatic carbocycles. The van der Waals surface area contributed by atoms with Crippen molar-refractivity contribution < 1.29 is 28.7 Å². The molecule has 2 atom stereocenters. The molecule has 3 amide bonds. The standard InChI is InChI=1S/C17H29N3O6/c1-16(2,3)26-15(24)18-9-12(21)19-11(14(23)25-6)7-10-8-17(4,5)20-13(10)22/h10-11H,7-9H2,1-6H3,(H,18,24)(H,19,21)(H,20,22). The van der Waals surface area contributed by atoms with Crippen molar-refractivity contribution >= 4 is 23.9 Å². The minimum Gasteiger partial charge on any atom is -0.467 e. The SMILES string of the molecule is COC(=O)C(CC1CC(C)(C)NC1=O)NC(=O)CNC(=O)OC(C)(C)C. The highest BCUT2D eigenvalue weighted by molar-refractivity contribution is 5.88. The van der Waals surface area contributed by atoms with E-state index in [1.54, 1.807) is 20.8 Å². The van der Waals surface area contributed by atoms with Crippen LogP contribution in [-0.4, -0.2) is 54.7 Å². The zero-order valence-corrected chi connectivity index (χ0v) is 16.2. The number of methoxy groups -OCH3 is 1. The highest BCUT2D eigenvalue weighted by Gasteiger charge is 2.40.